The van der Waals surface area contributed by atoms with Gasteiger partial charge in [0, 0.05) is 0 Å². The lowest BCUT2D eigenvalue weighted by atomic mass is 10.2. The molecule has 0 aromatic carbocycles. The van der Waals surface area contributed by atoms with E-state index in [4.69, 9.17) is 10.8 Å². The van der Waals surface area contributed by atoms with Crippen molar-refractivity contribution in [1.29, 1.82) is 0 Å². The summed E-state index contributed by atoms with van der Waals surface area (Å²) in [4.78, 5) is 39.5. The van der Waals surface area contributed by atoms with Crippen LogP contribution in [0.3, 0.4) is 0 Å². The summed E-state index contributed by atoms with van der Waals surface area (Å²) in [5.41, 5.74) is 5.14. The van der Waals surface area contributed by atoms with E-state index in [0.717, 1.165) is 11.3 Å². The highest BCUT2D eigenvalue weighted by Crippen LogP contribution is 2.27. The molecular weight excluding hydrogens is 282 g/mol. The smallest absolute Gasteiger partial charge is 0.346 e. The molecule has 0 saturated heterocycles. The second kappa shape index (κ2) is 4.71. The number of nitrogens with two attached hydrogens (primary N) is 1. The summed E-state index contributed by atoms with van der Waals surface area (Å²) in [6, 6.07) is -0.841. The average molecular weight is 295 g/mol. The zero-order valence-electron chi connectivity index (χ0n) is 11.1. The lowest BCUT2D eigenvalue weighted by molar-refractivity contribution is -0.120. The number of hydrogen-bond acceptors (Lipinski definition) is 5. The van der Waals surface area contributed by atoms with Crippen LogP contribution in [0.5, 0.6) is 0 Å². The fourth-order valence-corrected chi connectivity index (χ4v) is 3.14. The molecule has 0 radical (unpaired) electrons. The maximum Gasteiger partial charge on any atom is 0.346 e. The predicted molar refractivity (Wildman–Crippen MR) is 74.2 cm³/mol. The van der Waals surface area contributed by atoms with Crippen molar-refractivity contribution in [2.45, 2.75) is 26.8 Å². The van der Waals surface area contributed by atoms with Crippen molar-refractivity contribution >= 4 is 33.4 Å². The first-order valence-electron chi connectivity index (χ1n) is 5.80. The van der Waals surface area contributed by atoms with Crippen LogP contribution in [0.4, 0.5) is 0 Å². The van der Waals surface area contributed by atoms with Crippen molar-refractivity contribution in [1.82, 2.24) is 9.55 Å². The number of fused-ring (bicyclic) bond motifs is 1. The lowest BCUT2D eigenvalue weighted by Gasteiger charge is -2.14. The molecule has 3 N–H and O–H groups in total. The third kappa shape index (κ3) is 1.97. The summed E-state index contributed by atoms with van der Waals surface area (Å²) in [5.74, 6) is -1.42. The number of carbonyl (C=O) groups is 2. The van der Waals surface area contributed by atoms with Gasteiger partial charge in [-0.1, -0.05) is 0 Å². The molecule has 0 spiro atoms. The molecule has 2 heterocycles. The average Bonchev–Trinajstić information content (AvgIpc) is 2.66. The van der Waals surface area contributed by atoms with Gasteiger partial charge in [0.1, 0.15) is 21.6 Å². The van der Waals surface area contributed by atoms with Gasteiger partial charge in [-0.3, -0.25) is 14.2 Å². The van der Waals surface area contributed by atoms with Gasteiger partial charge >= 0.3 is 5.97 Å². The Labute approximate surface area is 117 Å². The molecule has 0 aliphatic heterocycles. The molecule has 1 atom stereocenters. The molecule has 0 bridgehead atoms. The van der Waals surface area contributed by atoms with Gasteiger partial charge in [0.05, 0.1) is 5.39 Å². The molecule has 8 heteroatoms. The van der Waals surface area contributed by atoms with Crippen LogP contribution in [0.2, 0.25) is 0 Å². The maximum atomic E-state index is 12.5. The first-order chi connectivity index (χ1) is 9.25. The second-order valence-corrected chi connectivity index (χ2v) is 5.45. The number of aromatic carboxylic acids is 1. The van der Waals surface area contributed by atoms with E-state index in [-0.39, 0.29) is 10.3 Å². The lowest BCUT2D eigenvalue weighted by Crippen LogP contribution is -2.34. The Bertz CT molecular complexity index is 790. The Morgan fingerprint density at radius 2 is 2.00 bits per heavy atom. The Morgan fingerprint density at radius 3 is 2.50 bits per heavy atom. The number of rotatable bonds is 3. The van der Waals surface area contributed by atoms with Crippen LogP contribution in [0.1, 0.15) is 34.0 Å². The van der Waals surface area contributed by atoms with Gasteiger partial charge in [-0.05, 0) is 26.3 Å². The zero-order chi connectivity index (χ0) is 15.2. The van der Waals surface area contributed by atoms with Crippen molar-refractivity contribution in [2.24, 2.45) is 5.73 Å². The Balaban J connectivity index is 2.88. The normalized spacial score (nSPS) is 12.6. The molecule has 2 rings (SSSR count). The third-order valence-electron chi connectivity index (χ3n) is 3.17. The molecule has 0 aliphatic carbocycles. The summed E-state index contributed by atoms with van der Waals surface area (Å²) in [5, 5.41) is 9.32. The minimum Gasteiger partial charge on any atom is -0.477 e. The molecular formula is C12H13N3O4S. The monoisotopic (exact) mass is 295 g/mol. The molecule has 2 aromatic rings. The van der Waals surface area contributed by atoms with E-state index in [9.17, 15) is 14.4 Å². The number of carboxylic acids is 1. The first kappa shape index (κ1) is 14.2. The summed E-state index contributed by atoms with van der Waals surface area (Å²) in [6.45, 7) is 4.64. The molecule has 1 unspecified atom stereocenters. The molecule has 1 amide bonds. The largest absolute Gasteiger partial charge is 0.477 e. The van der Waals surface area contributed by atoms with E-state index >= 15 is 0 Å². The quantitative estimate of drug-likeness (QED) is 0.869. The van der Waals surface area contributed by atoms with Gasteiger partial charge in [-0.25, -0.2) is 9.78 Å². The molecule has 20 heavy (non-hydrogen) atoms. The van der Waals surface area contributed by atoms with Crippen LogP contribution in [0.25, 0.3) is 10.2 Å². The highest BCUT2D eigenvalue weighted by atomic mass is 32.1. The van der Waals surface area contributed by atoms with Crippen molar-refractivity contribution in [3.63, 3.8) is 0 Å². The molecule has 2 aromatic heterocycles. The first-order valence-corrected chi connectivity index (χ1v) is 6.62. The van der Waals surface area contributed by atoms with Crippen LogP contribution in [-0.2, 0) is 4.79 Å². The maximum absolute atomic E-state index is 12.5. The van der Waals surface area contributed by atoms with Gasteiger partial charge in [-0.2, -0.15) is 0 Å². The Kier molecular flexibility index (Phi) is 3.34. The van der Waals surface area contributed by atoms with Crippen LogP contribution in [-0.4, -0.2) is 26.5 Å². The summed E-state index contributed by atoms with van der Waals surface area (Å²) >= 11 is 0.949. The van der Waals surface area contributed by atoms with Crippen LogP contribution in [0, 0.1) is 13.8 Å². The van der Waals surface area contributed by atoms with E-state index in [2.05, 4.69) is 4.98 Å². The van der Waals surface area contributed by atoms with E-state index in [1.165, 1.54) is 11.5 Å². The van der Waals surface area contributed by atoms with Crippen LogP contribution >= 0.6 is 11.3 Å². The van der Waals surface area contributed by atoms with E-state index in [1.54, 1.807) is 13.8 Å². The minimum absolute atomic E-state index is 0.0773. The van der Waals surface area contributed by atoms with E-state index in [1.807, 2.05) is 0 Å². The number of carboxylic acid groups (broad SMARTS) is 1. The SMILES string of the molecule is Cc1c(C(=O)O)sc2nc(C)n(C(C)C(N)=O)c(=O)c12. The number of carbonyl (C=O) groups excluding carboxylic acids is 1. The predicted octanol–water partition coefficient (Wildman–Crippen LogP) is 0.819. The number of aryl methyl sites for hydroxylation is 2. The van der Waals surface area contributed by atoms with Gasteiger partial charge in [0.15, 0.2) is 0 Å². The number of amides is 1. The fourth-order valence-electron chi connectivity index (χ4n) is 2.08. The standard InChI is InChI=1S/C12H13N3O4S/c1-4-7-10(20-8(4)12(18)19)14-6(3)15(11(7)17)5(2)9(13)16/h5H,1-3H3,(H2,13,16)(H,18,19). The number of aromatic nitrogens is 2. The van der Waals surface area contributed by atoms with Crippen molar-refractivity contribution in [3.05, 3.63) is 26.6 Å². The number of thiophene rings is 1. The van der Waals surface area contributed by atoms with Gasteiger partial charge < -0.3 is 10.8 Å². The second-order valence-electron chi connectivity index (χ2n) is 4.45. The number of nitrogens with zero attached hydrogens (tertiary/aromatic N) is 2. The van der Waals surface area contributed by atoms with Gasteiger partial charge in [0.25, 0.3) is 5.56 Å². The molecule has 106 valence electrons. The Hall–Kier alpha value is -2.22. The fraction of sp³-hybridized carbons (Fsp3) is 0.333. The molecule has 0 aliphatic rings. The highest BCUT2D eigenvalue weighted by Gasteiger charge is 2.23. The minimum atomic E-state index is -1.10. The van der Waals surface area contributed by atoms with Crippen LogP contribution in [0.15, 0.2) is 4.79 Å². The summed E-state index contributed by atoms with van der Waals surface area (Å²) in [6.07, 6.45) is 0. The van der Waals surface area contributed by atoms with Crippen LogP contribution < -0.4 is 11.3 Å². The van der Waals surface area contributed by atoms with E-state index < -0.39 is 23.5 Å². The zero-order valence-corrected chi connectivity index (χ0v) is 11.9. The Morgan fingerprint density at radius 1 is 1.40 bits per heavy atom. The molecule has 0 saturated carbocycles. The number of hydrogen-bond donors (Lipinski definition) is 2. The van der Waals surface area contributed by atoms with Crippen molar-refractivity contribution < 1.29 is 14.7 Å². The molecule has 0 fully saturated rings. The summed E-state index contributed by atoms with van der Waals surface area (Å²) < 4.78 is 1.19. The summed E-state index contributed by atoms with van der Waals surface area (Å²) in [7, 11) is 0. The van der Waals surface area contributed by atoms with Gasteiger partial charge in [0.2, 0.25) is 5.91 Å². The van der Waals surface area contributed by atoms with Crippen molar-refractivity contribution in [3.8, 4) is 0 Å². The molecule has 7 nitrogen and oxygen atoms in total. The van der Waals surface area contributed by atoms with E-state index in [0.29, 0.717) is 16.2 Å². The number of primary amides is 1. The topological polar surface area (TPSA) is 115 Å². The third-order valence-corrected chi connectivity index (χ3v) is 4.34. The highest BCUT2D eigenvalue weighted by molar-refractivity contribution is 7.20. The van der Waals surface area contributed by atoms with Crippen molar-refractivity contribution in [2.75, 3.05) is 0 Å². The van der Waals surface area contributed by atoms with Gasteiger partial charge in [-0.15, -0.1) is 11.3 Å².